The molecule has 0 saturated carbocycles. The van der Waals surface area contributed by atoms with E-state index in [1.165, 1.54) is 19.1 Å². The third kappa shape index (κ3) is 4.16. The van der Waals surface area contributed by atoms with Gasteiger partial charge in [0.15, 0.2) is 0 Å². The van der Waals surface area contributed by atoms with Crippen LogP contribution < -0.4 is 10.0 Å². The molecule has 1 atom stereocenters. The van der Waals surface area contributed by atoms with E-state index in [4.69, 9.17) is 0 Å². The molecular weight excluding hydrogens is 300 g/mol. The Morgan fingerprint density at radius 3 is 2.36 bits per heavy atom. The molecule has 1 amide bonds. The number of hydrogen-bond donors (Lipinski definition) is 2. The van der Waals surface area contributed by atoms with Crippen molar-refractivity contribution in [1.82, 2.24) is 4.72 Å². The number of hydrogen-bond acceptors (Lipinski definition) is 3. The SMILES string of the molecule is CC(=O)Nc1cccc(S(=O)(=O)NC(C)c2ccccc2)c1. The molecule has 2 rings (SSSR count). The Balaban J connectivity index is 2.21. The Hall–Kier alpha value is -2.18. The van der Waals surface area contributed by atoms with E-state index in [1.807, 2.05) is 30.3 Å². The molecule has 0 bridgehead atoms. The first-order chi connectivity index (χ1) is 10.4. The van der Waals surface area contributed by atoms with E-state index in [9.17, 15) is 13.2 Å². The predicted octanol–water partition coefficient (Wildman–Crippen LogP) is 2.68. The number of benzene rings is 2. The largest absolute Gasteiger partial charge is 0.326 e. The summed E-state index contributed by atoms with van der Waals surface area (Å²) in [6.45, 7) is 3.15. The highest BCUT2D eigenvalue weighted by molar-refractivity contribution is 7.89. The van der Waals surface area contributed by atoms with E-state index < -0.39 is 10.0 Å². The molecule has 0 aliphatic rings. The van der Waals surface area contributed by atoms with Crippen LogP contribution in [0.1, 0.15) is 25.5 Å². The van der Waals surface area contributed by atoms with Gasteiger partial charge in [0.1, 0.15) is 0 Å². The minimum absolute atomic E-state index is 0.113. The molecule has 0 aliphatic heterocycles. The highest BCUT2D eigenvalue weighted by Gasteiger charge is 2.18. The third-order valence-electron chi connectivity index (χ3n) is 3.10. The van der Waals surface area contributed by atoms with E-state index in [0.717, 1.165) is 5.56 Å². The standard InChI is InChI=1S/C16H18N2O3S/c1-12(14-7-4-3-5-8-14)18-22(20,21)16-10-6-9-15(11-16)17-13(2)19/h3-12,18H,1-2H3,(H,17,19). The summed E-state index contributed by atoms with van der Waals surface area (Å²) < 4.78 is 27.5. The van der Waals surface area contributed by atoms with Crippen LogP contribution in [0.4, 0.5) is 5.69 Å². The molecule has 0 aromatic heterocycles. The van der Waals surface area contributed by atoms with Crippen LogP contribution in [0.5, 0.6) is 0 Å². The van der Waals surface area contributed by atoms with E-state index in [-0.39, 0.29) is 16.8 Å². The molecule has 0 radical (unpaired) electrons. The number of rotatable bonds is 5. The fraction of sp³-hybridized carbons (Fsp3) is 0.188. The van der Waals surface area contributed by atoms with Gasteiger partial charge in [0.25, 0.3) is 0 Å². The quantitative estimate of drug-likeness (QED) is 0.890. The lowest BCUT2D eigenvalue weighted by Gasteiger charge is -2.15. The second-order valence-corrected chi connectivity index (χ2v) is 6.68. The molecule has 116 valence electrons. The van der Waals surface area contributed by atoms with Gasteiger partial charge in [-0.25, -0.2) is 13.1 Å². The second-order valence-electron chi connectivity index (χ2n) is 4.96. The van der Waals surface area contributed by atoms with Gasteiger partial charge in [-0.05, 0) is 30.7 Å². The minimum atomic E-state index is -3.67. The van der Waals surface area contributed by atoms with Crippen molar-refractivity contribution in [2.75, 3.05) is 5.32 Å². The highest BCUT2D eigenvalue weighted by atomic mass is 32.2. The van der Waals surface area contributed by atoms with Gasteiger partial charge in [0.05, 0.1) is 4.90 Å². The van der Waals surface area contributed by atoms with Gasteiger partial charge in [0, 0.05) is 18.7 Å². The monoisotopic (exact) mass is 318 g/mol. The molecule has 0 spiro atoms. The van der Waals surface area contributed by atoms with Gasteiger partial charge >= 0.3 is 0 Å². The van der Waals surface area contributed by atoms with Gasteiger partial charge in [-0.2, -0.15) is 0 Å². The average molecular weight is 318 g/mol. The normalized spacial score (nSPS) is 12.6. The van der Waals surface area contributed by atoms with Crippen LogP contribution in [0.25, 0.3) is 0 Å². The zero-order valence-electron chi connectivity index (χ0n) is 12.4. The lowest BCUT2D eigenvalue weighted by molar-refractivity contribution is -0.114. The maximum Gasteiger partial charge on any atom is 0.241 e. The summed E-state index contributed by atoms with van der Waals surface area (Å²) >= 11 is 0. The van der Waals surface area contributed by atoms with Crippen molar-refractivity contribution in [2.24, 2.45) is 0 Å². The Labute approximate surface area is 130 Å². The number of anilines is 1. The number of carbonyl (C=O) groups excluding carboxylic acids is 1. The van der Waals surface area contributed by atoms with E-state index in [2.05, 4.69) is 10.0 Å². The van der Waals surface area contributed by atoms with Crippen LogP contribution in [-0.4, -0.2) is 14.3 Å². The van der Waals surface area contributed by atoms with Crippen molar-refractivity contribution in [2.45, 2.75) is 24.8 Å². The first-order valence-electron chi connectivity index (χ1n) is 6.83. The number of carbonyl (C=O) groups is 1. The van der Waals surface area contributed by atoms with Crippen molar-refractivity contribution < 1.29 is 13.2 Å². The lowest BCUT2D eigenvalue weighted by Crippen LogP contribution is -2.27. The summed E-state index contributed by atoms with van der Waals surface area (Å²) in [5.41, 5.74) is 1.33. The molecule has 0 aliphatic carbocycles. The number of nitrogens with one attached hydrogen (secondary N) is 2. The third-order valence-corrected chi connectivity index (χ3v) is 4.63. The summed E-state index contributed by atoms with van der Waals surface area (Å²) in [6, 6.07) is 15.1. The molecule has 2 aromatic rings. The molecule has 0 fully saturated rings. The average Bonchev–Trinajstić information content (AvgIpc) is 2.47. The predicted molar refractivity (Wildman–Crippen MR) is 85.9 cm³/mol. The molecule has 2 aromatic carbocycles. The lowest BCUT2D eigenvalue weighted by atomic mass is 10.1. The summed E-state index contributed by atoms with van der Waals surface area (Å²) in [4.78, 5) is 11.2. The summed E-state index contributed by atoms with van der Waals surface area (Å²) in [5, 5.41) is 2.57. The van der Waals surface area contributed by atoms with Crippen LogP contribution in [0, 0.1) is 0 Å². The number of sulfonamides is 1. The van der Waals surface area contributed by atoms with Crippen LogP contribution in [0.15, 0.2) is 59.5 Å². The van der Waals surface area contributed by atoms with Gasteiger partial charge in [-0.3, -0.25) is 4.79 Å². The van der Waals surface area contributed by atoms with Crippen LogP contribution in [-0.2, 0) is 14.8 Å². The minimum Gasteiger partial charge on any atom is -0.326 e. The zero-order valence-corrected chi connectivity index (χ0v) is 13.2. The molecule has 5 nitrogen and oxygen atoms in total. The van der Waals surface area contributed by atoms with Gasteiger partial charge in [-0.15, -0.1) is 0 Å². The molecule has 6 heteroatoms. The Bertz CT molecular complexity index is 758. The van der Waals surface area contributed by atoms with Crippen molar-refractivity contribution in [3.8, 4) is 0 Å². The second kappa shape index (κ2) is 6.72. The van der Waals surface area contributed by atoms with Crippen molar-refractivity contribution in [1.29, 1.82) is 0 Å². The first kappa shape index (κ1) is 16.2. The van der Waals surface area contributed by atoms with Gasteiger partial charge in [0.2, 0.25) is 15.9 Å². The molecule has 22 heavy (non-hydrogen) atoms. The first-order valence-corrected chi connectivity index (χ1v) is 8.32. The van der Waals surface area contributed by atoms with Crippen LogP contribution in [0.2, 0.25) is 0 Å². The van der Waals surface area contributed by atoms with Crippen molar-refractivity contribution >= 4 is 21.6 Å². The van der Waals surface area contributed by atoms with Gasteiger partial charge < -0.3 is 5.32 Å². The summed E-state index contributed by atoms with van der Waals surface area (Å²) in [5.74, 6) is -0.250. The smallest absolute Gasteiger partial charge is 0.241 e. The summed E-state index contributed by atoms with van der Waals surface area (Å²) in [6.07, 6.45) is 0. The Kier molecular flexibility index (Phi) is 4.95. The highest BCUT2D eigenvalue weighted by Crippen LogP contribution is 2.19. The fourth-order valence-electron chi connectivity index (χ4n) is 2.05. The van der Waals surface area contributed by atoms with E-state index in [1.54, 1.807) is 19.1 Å². The van der Waals surface area contributed by atoms with Crippen molar-refractivity contribution in [3.05, 3.63) is 60.2 Å². The molecule has 2 N–H and O–H groups in total. The maximum atomic E-state index is 12.4. The Morgan fingerprint density at radius 1 is 1.05 bits per heavy atom. The Morgan fingerprint density at radius 2 is 1.73 bits per heavy atom. The molecule has 0 heterocycles. The summed E-state index contributed by atoms with van der Waals surface area (Å²) in [7, 11) is -3.67. The van der Waals surface area contributed by atoms with E-state index in [0.29, 0.717) is 5.69 Å². The van der Waals surface area contributed by atoms with E-state index >= 15 is 0 Å². The maximum absolute atomic E-state index is 12.4. The molecule has 1 unspecified atom stereocenters. The van der Waals surface area contributed by atoms with Crippen LogP contribution in [0.3, 0.4) is 0 Å². The van der Waals surface area contributed by atoms with Crippen molar-refractivity contribution in [3.63, 3.8) is 0 Å². The van der Waals surface area contributed by atoms with Crippen LogP contribution >= 0.6 is 0 Å². The molecule has 0 saturated heterocycles. The number of amides is 1. The van der Waals surface area contributed by atoms with Gasteiger partial charge in [-0.1, -0.05) is 36.4 Å². The zero-order chi connectivity index (χ0) is 16.2. The molecular formula is C16H18N2O3S. The fourth-order valence-corrected chi connectivity index (χ4v) is 3.33. The topological polar surface area (TPSA) is 75.3 Å².